The van der Waals surface area contributed by atoms with Crippen molar-refractivity contribution in [3.8, 4) is 9.85 Å². The average molecular weight is 302 g/mol. The average Bonchev–Trinajstić information content (AvgIpc) is 2.14. The summed E-state index contributed by atoms with van der Waals surface area (Å²) in [6.45, 7) is 0. The Morgan fingerprint density at radius 1 is 1.00 bits per heavy atom. The van der Waals surface area contributed by atoms with E-state index in [-0.39, 0.29) is 0 Å². The van der Waals surface area contributed by atoms with Gasteiger partial charge in [0.15, 0.2) is 0 Å². The van der Waals surface area contributed by atoms with Crippen LogP contribution in [0.1, 0.15) is 32.1 Å². The Hall–Kier alpha value is 0.250. The van der Waals surface area contributed by atoms with Crippen LogP contribution in [0.15, 0.2) is 0 Å². The second-order valence-electron chi connectivity index (χ2n) is 5.35. The Morgan fingerprint density at radius 2 is 1.50 bits per heavy atom. The van der Waals surface area contributed by atoms with Gasteiger partial charge in [0.05, 0.1) is 0 Å². The van der Waals surface area contributed by atoms with Crippen molar-refractivity contribution in [2.45, 2.75) is 37.7 Å². The molecule has 4 fully saturated rings. The van der Waals surface area contributed by atoms with Crippen molar-refractivity contribution in [1.82, 2.24) is 0 Å². The van der Waals surface area contributed by atoms with E-state index >= 15 is 0 Å². The lowest BCUT2D eigenvalue weighted by atomic mass is 9.50. The Kier molecular flexibility index (Phi) is 2.11. The van der Waals surface area contributed by atoms with Crippen LogP contribution >= 0.6 is 22.6 Å². The lowest BCUT2D eigenvalue weighted by Crippen LogP contribution is -2.56. The van der Waals surface area contributed by atoms with Crippen LogP contribution in [0, 0.1) is 33.5 Å². The molecule has 2 heteroatoms. The van der Waals surface area contributed by atoms with Gasteiger partial charge in [0.1, 0.15) is 5.60 Å². The molecule has 0 spiro atoms. The van der Waals surface area contributed by atoms with Crippen molar-refractivity contribution in [3.05, 3.63) is 0 Å². The van der Waals surface area contributed by atoms with Crippen molar-refractivity contribution in [3.63, 3.8) is 0 Å². The third-order valence-corrected chi connectivity index (χ3v) is 4.90. The van der Waals surface area contributed by atoms with Gasteiger partial charge in [-0.25, -0.2) is 0 Å². The van der Waals surface area contributed by atoms with Crippen LogP contribution in [0.25, 0.3) is 0 Å². The molecule has 1 nitrogen and oxygen atoms in total. The summed E-state index contributed by atoms with van der Waals surface area (Å²) in [4.78, 5) is 0. The molecule has 1 N–H and O–H groups in total. The van der Waals surface area contributed by atoms with Crippen molar-refractivity contribution in [1.29, 1.82) is 0 Å². The van der Waals surface area contributed by atoms with E-state index in [1.54, 1.807) is 0 Å². The topological polar surface area (TPSA) is 20.2 Å². The molecule has 4 saturated carbocycles. The quantitative estimate of drug-likeness (QED) is 0.539. The molecule has 0 aromatic rings. The number of hydrogen-bond donors (Lipinski definition) is 1. The normalized spacial score (nSPS) is 54.1. The summed E-state index contributed by atoms with van der Waals surface area (Å²) in [6.07, 6.45) is 6.36. The molecule has 0 aromatic heterocycles. The van der Waals surface area contributed by atoms with Gasteiger partial charge < -0.3 is 5.11 Å². The standard InChI is InChI=1S/C12H15IO/c13-2-1-12(14)10-4-8-3-9(6-10)7-11(12)5-8/h8-11,14H,3-7H2. The van der Waals surface area contributed by atoms with Crippen LogP contribution in [0.4, 0.5) is 0 Å². The Morgan fingerprint density at radius 3 is 1.93 bits per heavy atom. The van der Waals surface area contributed by atoms with Crippen molar-refractivity contribution in [2.24, 2.45) is 23.7 Å². The van der Waals surface area contributed by atoms with Gasteiger partial charge in [0.2, 0.25) is 0 Å². The van der Waals surface area contributed by atoms with Gasteiger partial charge in [-0.15, -0.1) is 0 Å². The minimum absolute atomic E-state index is 0.487. The molecule has 0 radical (unpaired) electrons. The van der Waals surface area contributed by atoms with E-state index in [2.05, 4.69) is 32.4 Å². The number of rotatable bonds is 0. The minimum atomic E-state index is -0.616. The monoisotopic (exact) mass is 302 g/mol. The molecule has 0 aromatic carbocycles. The summed E-state index contributed by atoms with van der Waals surface area (Å²) in [6, 6.07) is 0. The highest BCUT2D eigenvalue weighted by molar-refractivity contribution is 14.1. The summed E-state index contributed by atoms with van der Waals surface area (Å²) in [5.74, 6) is 5.89. The molecular weight excluding hydrogens is 287 g/mol. The first-order valence-corrected chi connectivity index (χ1v) is 6.65. The number of aliphatic hydroxyl groups is 1. The molecule has 0 heterocycles. The van der Waals surface area contributed by atoms with Gasteiger partial charge in [-0.05, 0) is 59.7 Å². The van der Waals surface area contributed by atoms with E-state index in [1.165, 1.54) is 32.1 Å². The molecule has 4 bridgehead atoms. The van der Waals surface area contributed by atoms with Crippen molar-refractivity contribution in [2.75, 3.05) is 0 Å². The zero-order chi connectivity index (χ0) is 9.76. The highest BCUT2D eigenvalue weighted by Gasteiger charge is 2.55. The first kappa shape index (κ1) is 9.47. The Bertz CT molecular complexity index is 284. The predicted molar refractivity (Wildman–Crippen MR) is 63.8 cm³/mol. The molecule has 0 amide bonds. The van der Waals surface area contributed by atoms with E-state index in [9.17, 15) is 5.11 Å². The fourth-order valence-electron chi connectivity index (χ4n) is 4.18. The highest BCUT2D eigenvalue weighted by atomic mass is 127. The zero-order valence-corrected chi connectivity index (χ0v) is 10.3. The fourth-order valence-corrected chi connectivity index (χ4v) is 4.61. The van der Waals surface area contributed by atoms with Crippen molar-refractivity contribution >= 4 is 22.6 Å². The fraction of sp³-hybridized carbons (Fsp3) is 0.833. The second-order valence-corrected chi connectivity index (χ2v) is 5.89. The van der Waals surface area contributed by atoms with Crippen LogP contribution < -0.4 is 0 Å². The Balaban J connectivity index is 1.97. The lowest BCUT2D eigenvalue weighted by Gasteiger charge is -2.56. The maximum atomic E-state index is 10.6. The summed E-state index contributed by atoms with van der Waals surface area (Å²) in [5, 5.41) is 10.6. The summed E-state index contributed by atoms with van der Waals surface area (Å²) in [7, 11) is 0. The predicted octanol–water partition coefficient (Wildman–Crippen LogP) is 2.57. The summed E-state index contributed by atoms with van der Waals surface area (Å²) in [5.41, 5.74) is -0.616. The summed E-state index contributed by atoms with van der Waals surface area (Å²) >= 11 is 2.06. The largest absolute Gasteiger partial charge is 0.377 e. The van der Waals surface area contributed by atoms with Gasteiger partial charge in [-0.3, -0.25) is 0 Å². The molecule has 76 valence electrons. The molecule has 4 aliphatic carbocycles. The van der Waals surface area contributed by atoms with Crippen LogP contribution in [0.2, 0.25) is 0 Å². The van der Waals surface area contributed by atoms with E-state index in [1.807, 2.05) is 0 Å². The first-order valence-electron chi connectivity index (χ1n) is 5.57. The van der Waals surface area contributed by atoms with E-state index < -0.39 is 5.60 Å². The highest BCUT2D eigenvalue weighted by Crippen LogP contribution is 2.58. The van der Waals surface area contributed by atoms with Gasteiger partial charge in [-0.2, -0.15) is 0 Å². The minimum Gasteiger partial charge on any atom is -0.377 e. The third kappa shape index (κ3) is 1.18. The van der Waals surface area contributed by atoms with Crippen LogP contribution in [-0.4, -0.2) is 10.7 Å². The smallest absolute Gasteiger partial charge is 0.131 e. The molecule has 4 rings (SSSR count). The maximum absolute atomic E-state index is 10.6. The molecule has 0 unspecified atom stereocenters. The SMILES string of the molecule is OC1(C#CI)C2CC3CC(C2)CC1C3. The van der Waals surface area contributed by atoms with E-state index in [0.29, 0.717) is 11.8 Å². The van der Waals surface area contributed by atoms with E-state index in [4.69, 9.17) is 0 Å². The summed E-state index contributed by atoms with van der Waals surface area (Å²) < 4.78 is 2.91. The van der Waals surface area contributed by atoms with Gasteiger partial charge in [-0.1, -0.05) is 5.92 Å². The maximum Gasteiger partial charge on any atom is 0.131 e. The van der Waals surface area contributed by atoms with Crippen molar-refractivity contribution < 1.29 is 5.11 Å². The number of halogens is 1. The molecule has 4 aliphatic rings. The Labute approximate surface area is 98.8 Å². The molecule has 0 aliphatic heterocycles. The van der Waals surface area contributed by atoms with Crippen LogP contribution in [0.3, 0.4) is 0 Å². The van der Waals surface area contributed by atoms with E-state index in [0.717, 1.165) is 11.8 Å². The molecule has 14 heavy (non-hydrogen) atoms. The first-order chi connectivity index (χ1) is 6.72. The molecule has 0 saturated heterocycles. The number of hydrogen-bond acceptors (Lipinski definition) is 1. The van der Waals surface area contributed by atoms with Gasteiger partial charge >= 0.3 is 0 Å². The van der Waals surface area contributed by atoms with Gasteiger partial charge in [0.25, 0.3) is 0 Å². The van der Waals surface area contributed by atoms with Gasteiger partial charge in [0, 0.05) is 22.6 Å². The van der Waals surface area contributed by atoms with Crippen LogP contribution in [-0.2, 0) is 0 Å². The van der Waals surface area contributed by atoms with Crippen LogP contribution in [0.5, 0.6) is 0 Å². The zero-order valence-electron chi connectivity index (χ0n) is 8.17. The molecular formula is C12H15IO. The lowest BCUT2D eigenvalue weighted by molar-refractivity contribution is -0.136. The molecule has 0 atom stereocenters. The third-order valence-electron chi connectivity index (χ3n) is 4.63. The second kappa shape index (κ2) is 3.12.